The van der Waals surface area contributed by atoms with Gasteiger partial charge in [-0.05, 0) is 30.5 Å². The molecule has 2 nitrogen and oxygen atoms in total. The van der Waals surface area contributed by atoms with Crippen LogP contribution in [0.1, 0.15) is 55.7 Å². The second-order valence-corrected chi connectivity index (χ2v) is 5.71. The highest BCUT2D eigenvalue weighted by atomic mass is 19.4. The van der Waals surface area contributed by atoms with Crippen LogP contribution in [0.4, 0.5) is 13.2 Å². The third-order valence-corrected chi connectivity index (χ3v) is 4.09. The lowest BCUT2D eigenvalue weighted by molar-refractivity contribution is -0.137. The van der Waals surface area contributed by atoms with Gasteiger partial charge in [-0.25, -0.2) is 0 Å². The standard InChI is InChI=1S/C16H22F3NO/c17-16(18,19)13-7-5-6-12(10-13)15(11-21)20-14-8-3-1-2-4-9-14/h5-7,10,14-15,20-21H,1-4,8-9,11H2. The van der Waals surface area contributed by atoms with E-state index in [-0.39, 0.29) is 12.6 Å². The van der Waals surface area contributed by atoms with Gasteiger partial charge in [-0.2, -0.15) is 13.2 Å². The van der Waals surface area contributed by atoms with Gasteiger partial charge < -0.3 is 10.4 Å². The summed E-state index contributed by atoms with van der Waals surface area (Å²) in [5.74, 6) is 0. The Kier molecular flexibility index (Phi) is 5.65. The SMILES string of the molecule is OCC(NC1CCCCCC1)c1cccc(C(F)(F)F)c1. The Morgan fingerprint density at radius 1 is 1.14 bits per heavy atom. The van der Waals surface area contributed by atoms with Crippen LogP contribution in [-0.4, -0.2) is 17.8 Å². The van der Waals surface area contributed by atoms with E-state index >= 15 is 0 Å². The summed E-state index contributed by atoms with van der Waals surface area (Å²) in [5, 5.41) is 12.9. The molecule has 1 aromatic rings. The lowest BCUT2D eigenvalue weighted by Crippen LogP contribution is -2.34. The maximum atomic E-state index is 12.8. The molecule has 0 saturated heterocycles. The Morgan fingerprint density at radius 3 is 2.38 bits per heavy atom. The van der Waals surface area contributed by atoms with Gasteiger partial charge in [0.05, 0.1) is 18.2 Å². The summed E-state index contributed by atoms with van der Waals surface area (Å²) in [6, 6.07) is 5.07. The molecule has 5 heteroatoms. The van der Waals surface area contributed by atoms with E-state index < -0.39 is 17.8 Å². The molecule has 1 unspecified atom stereocenters. The van der Waals surface area contributed by atoms with Crippen LogP contribution in [0.25, 0.3) is 0 Å². The number of nitrogens with one attached hydrogen (secondary N) is 1. The third kappa shape index (κ3) is 4.71. The number of alkyl halides is 3. The zero-order chi connectivity index (χ0) is 15.3. The fourth-order valence-electron chi connectivity index (χ4n) is 2.92. The van der Waals surface area contributed by atoms with Gasteiger partial charge in [-0.15, -0.1) is 0 Å². The fourth-order valence-corrected chi connectivity index (χ4v) is 2.92. The van der Waals surface area contributed by atoms with E-state index in [4.69, 9.17) is 0 Å². The quantitative estimate of drug-likeness (QED) is 0.822. The highest BCUT2D eigenvalue weighted by Gasteiger charge is 2.31. The van der Waals surface area contributed by atoms with Crippen molar-refractivity contribution in [3.05, 3.63) is 35.4 Å². The summed E-state index contributed by atoms with van der Waals surface area (Å²) >= 11 is 0. The van der Waals surface area contributed by atoms with Crippen LogP contribution in [0.5, 0.6) is 0 Å². The number of aliphatic hydroxyl groups excluding tert-OH is 1. The van der Waals surface area contributed by atoms with Gasteiger partial charge in [-0.3, -0.25) is 0 Å². The van der Waals surface area contributed by atoms with Crippen LogP contribution in [0.2, 0.25) is 0 Å². The molecule has 0 bridgehead atoms. The molecule has 1 aromatic carbocycles. The van der Waals surface area contributed by atoms with E-state index in [1.807, 2.05) is 0 Å². The number of aliphatic hydroxyl groups is 1. The van der Waals surface area contributed by atoms with Gasteiger partial charge in [0.25, 0.3) is 0 Å². The lowest BCUT2D eigenvalue weighted by atomic mass is 10.0. The molecule has 0 amide bonds. The molecular formula is C16H22F3NO. The maximum absolute atomic E-state index is 12.8. The molecule has 1 aliphatic rings. The second-order valence-electron chi connectivity index (χ2n) is 5.71. The van der Waals surface area contributed by atoms with Crippen LogP contribution in [0.15, 0.2) is 24.3 Å². The minimum absolute atomic E-state index is 0.197. The van der Waals surface area contributed by atoms with Crippen molar-refractivity contribution in [2.45, 2.75) is 56.8 Å². The average molecular weight is 301 g/mol. The van der Waals surface area contributed by atoms with Gasteiger partial charge in [-0.1, -0.05) is 37.8 Å². The number of hydrogen-bond acceptors (Lipinski definition) is 2. The minimum atomic E-state index is -4.35. The summed E-state index contributed by atoms with van der Waals surface area (Å²) in [6.45, 7) is -0.197. The fraction of sp³-hybridized carbons (Fsp3) is 0.625. The maximum Gasteiger partial charge on any atom is 0.416 e. The molecular weight excluding hydrogens is 279 g/mol. The molecule has 0 aromatic heterocycles. The highest BCUT2D eigenvalue weighted by Crippen LogP contribution is 2.31. The molecule has 21 heavy (non-hydrogen) atoms. The van der Waals surface area contributed by atoms with Crippen molar-refractivity contribution in [2.24, 2.45) is 0 Å². The van der Waals surface area contributed by atoms with E-state index in [1.54, 1.807) is 6.07 Å². The molecule has 118 valence electrons. The first-order chi connectivity index (χ1) is 10.0. The topological polar surface area (TPSA) is 32.3 Å². The molecule has 0 spiro atoms. The molecule has 1 atom stereocenters. The van der Waals surface area contributed by atoms with Gasteiger partial charge in [0, 0.05) is 6.04 Å². The van der Waals surface area contributed by atoms with Crippen LogP contribution in [0, 0.1) is 0 Å². The molecule has 2 rings (SSSR count). The summed E-state index contributed by atoms with van der Waals surface area (Å²) in [4.78, 5) is 0. The first-order valence-corrected chi connectivity index (χ1v) is 7.55. The van der Waals surface area contributed by atoms with Gasteiger partial charge in [0.15, 0.2) is 0 Å². The van der Waals surface area contributed by atoms with Crippen LogP contribution >= 0.6 is 0 Å². The van der Waals surface area contributed by atoms with E-state index in [1.165, 1.54) is 18.9 Å². The number of halogens is 3. The zero-order valence-electron chi connectivity index (χ0n) is 12.0. The minimum Gasteiger partial charge on any atom is -0.394 e. The van der Waals surface area contributed by atoms with Crippen molar-refractivity contribution >= 4 is 0 Å². The Bertz CT molecular complexity index is 439. The van der Waals surface area contributed by atoms with Crippen molar-refractivity contribution in [1.29, 1.82) is 0 Å². The Labute approximate surface area is 123 Å². The van der Waals surface area contributed by atoms with E-state index in [9.17, 15) is 18.3 Å². The smallest absolute Gasteiger partial charge is 0.394 e. The first kappa shape index (κ1) is 16.3. The van der Waals surface area contributed by atoms with Gasteiger partial charge >= 0.3 is 6.18 Å². The van der Waals surface area contributed by atoms with E-state index in [0.717, 1.165) is 37.8 Å². The van der Waals surface area contributed by atoms with E-state index in [2.05, 4.69) is 5.32 Å². The Balaban J connectivity index is 2.09. The van der Waals surface area contributed by atoms with Crippen LogP contribution in [0.3, 0.4) is 0 Å². The van der Waals surface area contributed by atoms with Crippen LogP contribution < -0.4 is 5.32 Å². The molecule has 1 aliphatic carbocycles. The zero-order valence-corrected chi connectivity index (χ0v) is 12.0. The number of rotatable bonds is 4. The van der Waals surface area contributed by atoms with Crippen molar-refractivity contribution < 1.29 is 18.3 Å². The van der Waals surface area contributed by atoms with Crippen molar-refractivity contribution in [1.82, 2.24) is 5.32 Å². The predicted molar refractivity (Wildman–Crippen MR) is 75.9 cm³/mol. The van der Waals surface area contributed by atoms with Crippen molar-refractivity contribution in [2.75, 3.05) is 6.61 Å². The van der Waals surface area contributed by atoms with Gasteiger partial charge in [0.1, 0.15) is 0 Å². The second kappa shape index (κ2) is 7.27. The highest BCUT2D eigenvalue weighted by molar-refractivity contribution is 5.28. The largest absolute Gasteiger partial charge is 0.416 e. The Hall–Kier alpha value is -1.07. The average Bonchev–Trinajstić information content (AvgIpc) is 2.72. The summed E-state index contributed by atoms with van der Waals surface area (Å²) in [6.07, 6.45) is 2.40. The summed E-state index contributed by atoms with van der Waals surface area (Å²) in [5.41, 5.74) is -0.169. The molecule has 0 radical (unpaired) electrons. The number of hydrogen-bond donors (Lipinski definition) is 2. The molecule has 0 aliphatic heterocycles. The summed E-state index contributed by atoms with van der Waals surface area (Å²) in [7, 11) is 0. The third-order valence-electron chi connectivity index (χ3n) is 4.09. The predicted octanol–water partition coefficient (Wildman–Crippen LogP) is 4.05. The van der Waals surface area contributed by atoms with E-state index in [0.29, 0.717) is 5.56 Å². The number of benzene rings is 1. The normalized spacial score (nSPS) is 19.2. The summed E-state index contributed by atoms with van der Waals surface area (Å²) < 4.78 is 38.3. The lowest BCUT2D eigenvalue weighted by Gasteiger charge is -2.24. The van der Waals surface area contributed by atoms with Crippen molar-refractivity contribution in [3.63, 3.8) is 0 Å². The molecule has 2 N–H and O–H groups in total. The molecule has 0 heterocycles. The molecule has 1 saturated carbocycles. The van der Waals surface area contributed by atoms with Gasteiger partial charge in [0.2, 0.25) is 0 Å². The first-order valence-electron chi connectivity index (χ1n) is 7.55. The van der Waals surface area contributed by atoms with Crippen LogP contribution in [-0.2, 0) is 6.18 Å². The molecule has 1 fully saturated rings. The van der Waals surface area contributed by atoms with Crippen molar-refractivity contribution in [3.8, 4) is 0 Å². The monoisotopic (exact) mass is 301 g/mol. The Morgan fingerprint density at radius 2 is 1.81 bits per heavy atom.